The number of hydrogen-bond donors (Lipinski definition) is 2. The van der Waals surface area contributed by atoms with Gasteiger partial charge in [-0.25, -0.2) is 0 Å². The largest absolute Gasteiger partial charge is 0.485 e. The van der Waals surface area contributed by atoms with Crippen molar-refractivity contribution in [1.29, 1.82) is 0 Å². The number of fused-ring (bicyclic) bond motifs is 1. The van der Waals surface area contributed by atoms with Crippen molar-refractivity contribution in [2.24, 2.45) is 0 Å². The average molecular weight is 265 g/mol. The molecule has 0 spiro atoms. The molecule has 104 valence electrons. The van der Waals surface area contributed by atoms with E-state index in [1.54, 1.807) is 12.1 Å². The van der Waals surface area contributed by atoms with Crippen molar-refractivity contribution in [3.05, 3.63) is 24.3 Å². The lowest BCUT2D eigenvalue weighted by molar-refractivity contribution is -0.130. The van der Waals surface area contributed by atoms with Crippen molar-refractivity contribution >= 4 is 5.91 Å². The Morgan fingerprint density at radius 1 is 1.47 bits per heavy atom. The molecule has 1 amide bonds. The molecule has 0 aromatic heterocycles. The number of para-hydroxylation sites is 2. The van der Waals surface area contributed by atoms with Crippen LogP contribution in [-0.2, 0) is 4.79 Å². The minimum atomic E-state index is -0.663. The van der Waals surface area contributed by atoms with E-state index in [0.29, 0.717) is 17.9 Å². The molecule has 5 heteroatoms. The summed E-state index contributed by atoms with van der Waals surface area (Å²) in [6.07, 6.45) is 0.382. The van der Waals surface area contributed by atoms with Crippen molar-refractivity contribution < 1.29 is 19.4 Å². The number of aliphatic hydroxyl groups excluding tert-OH is 1. The molecule has 0 bridgehead atoms. The van der Waals surface area contributed by atoms with Crippen LogP contribution < -0.4 is 14.8 Å². The molecule has 1 aliphatic heterocycles. The van der Waals surface area contributed by atoms with Crippen LogP contribution in [-0.4, -0.2) is 36.4 Å². The summed E-state index contributed by atoms with van der Waals surface area (Å²) in [6.45, 7) is 2.42. The molecule has 0 saturated heterocycles. The molecule has 0 saturated carbocycles. The van der Waals surface area contributed by atoms with Crippen LogP contribution in [0.15, 0.2) is 24.3 Å². The van der Waals surface area contributed by atoms with Crippen LogP contribution in [0.3, 0.4) is 0 Å². The zero-order chi connectivity index (χ0) is 13.7. The molecular weight excluding hydrogens is 246 g/mol. The fraction of sp³-hybridized carbons (Fsp3) is 0.500. The second-order valence-electron chi connectivity index (χ2n) is 4.55. The van der Waals surface area contributed by atoms with Gasteiger partial charge in [-0.1, -0.05) is 25.5 Å². The minimum absolute atomic E-state index is 0.187. The van der Waals surface area contributed by atoms with Crippen LogP contribution in [0.4, 0.5) is 0 Å². The van der Waals surface area contributed by atoms with Gasteiger partial charge < -0.3 is 19.9 Å². The van der Waals surface area contributed by atoms with Crippen LogP contribution in [0, 0.1) is 0 Å². The Bertz CT molecular complexity index is 435. The van der Waals surface area contributed by atoms with Gasteiger partial charge in [0.1, 0.15) is 6.61 Å². The van der Waals surface area contributed by atoms with Gasteiger partial charge in [0.05, 0.1) is 6.10 Å². The summed E-state index contributed by atoms with van der Waals surface area (Å²) in [6, 6.07) is 7.24. The van der Waals surface area contributed by atoms with Gasteiger partial charge in [-0.05, 0) is 18.6 Å². The molecule has 2 atom stereocenters. The van der Waals surface area contributed by atoms with Gasteiger partial charge in [0.15, 0.2) is 11.5 Å². The van der Waals surface area contributed by atoms with E-state index in [-0.39, 0.29) is 19.1 Å². The van der Waals surface area contributed by atoms with Crippen LogP contribution >= 0.6 is 0 Å². The predicted octanol–water partition coefficient (Wildman–Crippen LogP) is 1.10. The molecule has 1 aromatic rings. The number of aliphatic hydroxyl groups is 1. The molecule has 0 radical (unpaired) electrons. The summed E-state index contributed by atoms with van der Waals surface area (Å²) < 4.78 is 11.0. The summed E-state index contributed by atoms with van der Waals surface area (Å²) in [7, 11) is 0. The van der Waals surface area contributed by atoms with E-state index in [1.807, 2.05) is 19.1 Å². The first-order valence-electron chi connectivity index (χ1n) is 6.55. The second kappa shape index (κ2) is 6.43. The van der Waals surface area contributed by atoms with Gasteiger partial charge in [-0.3, -0.25) is 4.79 Å². The van der Waals surface area contributed by atoms with Crippen molar-refractivity contribution in [2.75, 3.05) is 13.2 Å². The van der Waals surface area contributed by atoms with E-state index < -0.39 is 12.2 Å². The highest BCUT2D eigenvalue weighted by Crippen LogP contribution is 2.30. The van der Waals surface area contributed by atoms with Crippen molar-refractivity contribution in [3.8, 4) is 11.5 Å². The summed E-state index contributed by atoms with van der Waals surface area (Å²) in [5.74, 6) is 0.963. The molecule has 5 nitrogen and oxygen atoms in total. The average Bonchev–Trinajstić information content (AvgIpc) is 2.44. The summed E-state index contributed by atoms with van der Waals surface area (Å²) in [5, 5.41) is 12.2. The Labute approximate surface area is 112 Å². The topological polar surface area (TPSA) is 67.8 Å². The lowest BCUT2D eigenvalue weighted by Gasteiger charge is -2.25. The van der Waals surface area contributed by atoms with Crippen LogP contribution in [0.25, 0.3) is 0 Å². The number of carbonyl (C=O) groups is 1. The molecule has 2 N–H and O–H groups in total. The third-order valence-corrected chi connectivity index (χ3v) is 2.93. The fourth-order valence-electron chi connectivity index (χ4n) is 1.92. The van der Waals surface area contributed by atoms with E-state index in [2.05, 4.69) is 5.32 Å². The maximum Gasteiger partial charge on any atom is 0.264 e. The maximum absolute atomic E-state index is 11.9. The molecule has 1 aliphatic rings. The molecule has 1 heterocycles. The molecule has 0 aliphatic carbocycles. The van der Waals surface area contributed by atoms with E-state index in [9.17, 15) is 9.90 Å². The van der Waals surface area contributed by atoms with Crippen LogP contribution in [0.2, 0.25) is 0 Å². The predicted molar refractivity (Wildman–Crippen MR) is 70.3 cm³/mol. The highest BCUT2D eigenvalue weighted by molar-refractivity contribution is 5.81. The third kappa shape index (κ3) is 3.61. The molecule has 2 unspecified atom stereocenters. The SMILES string of the molecule is CCCC(O)CNC(=O)C1COc2ccccc2O1. The second-order valence-corrected chi connectivity index (χ2v) is 4.55. The Morgan fingerprint density at radius 2 is 2.21 bits per heavy atom. The zero-order valence-electron chi connectivity index (χ0n) is 11.0. The van der Waals surface area contributed by atoms with Crippen LogP contribution in [0.1, 0.15) is 19.8 Å². The first-order valence-corrected chi connectivity index (χ1v) is 6.55. The standard InChI is InChI=1S/C14H19NO4/c1-2-5-10(16)8-15-14(17)13-9-18-11-6-3-4-7-12(11)19-13/h3-4,6-7,10,13,16H,2,5,8-9H2,1H3,(H,15,17). The fourth-order valence-corrected chi connectivity index (χ4v) is 1.92. The third-order valence-electron chi connectivity index (χ3n) is 2.93. The monoisotopic (exact) mass is 265 g/mol. The zero-order valence-corrected chi connectivity index (χ0v) is 11.0. The number of rotatable bonds is 5. The number of nitrogens with one attached hydrogen (secondary N) is 1. The quantitative estimate of drug-likeness (QED) is 0.836. The highest BCUT2D eigenvalue weighted by atomic mass is 16.6. The Hall–Kier alpha value is -1.75. The Morgan fingerprint density at radius 3 is 2.95 bits per heavy atom. The van der Waals surface area contributed by atoms with Gasteiger partial charge in [-0.15, -0.1) is 0 Å². The number of ether oxygens (including phenoxy) is 2. The first kappa shape index (κ1) is 13.7. The highest BCUT2D eigenvalue weighted by Gasteiger charge is 2.27. The lowest BCUT2D eigenvalue weighted by Crippen LogP contribution is -2.46. The number of hydrogen-bond acceptors (Lipinski definition) is 4. The first-order chi connectivity index (χ1) is 9.20. The van der Waals surface area contributed by atoms with Gasteiger partial charge in [-0.2, -0.15) is 0 Å². The molecule has 19 heavy (non-hydrogen) atoms. The number of benzene rings is 1. The summed E-state index contributed by atoms with van der Waals surface area (Å²) in [4.78, 5) is 11.9. The van der Waals surface area contributed by atoms with E-state index in [1.165, 1.54) is 0 Å². The van der Waals surface area contributed by atoms with Crippen LogP contribution in [0.5, 0.6) is 11.5 Å². The molecular formula is C14H19NO4. The molecule has 2 rings (SSSR count). The molecule has 0 fully saturated rings. The van der Waals surface area contributed by atoms with E-state index >= 15 is 0 Å². The Balaban J connectivity index is 1.85. The van der Waals surface area contributed by atoms with Gasteiger partial charge in [0, 0.05) is 6.54 Å². The van der Waals surface area contributed by atoms with Gasteiger partial charge in [0.25, 0.3) is 5.91 Å². The number of amides is 1. The van der Waals surface area contributed by atoms with E-state index in [4.69, 9.17) is 9.47 Å². The van der Waals surface area contributed by atoms with E-state index in [0.717, 1.165) is 6.42 Å². The number of carbonyl (C=O) groups excluding carboxylic acids is 1. The minimum Gasteiger partial charge on any atom is -0.485 e. The van der Waals surface area contributed by atoms with Crippen molar-refractivity contribution in [1.82, 2.24) is 5.32 Å². The maximum atomic E-state index is 11.9. The van der Waals surface area contributed by atoms with Gasteiger partial charge in [0.2, 0.25) is 6.10 Å². The van der Waals surface area contributed by atoms with Crippen molar-refractivity contribution in [3.63, 3.8) is 0 Å². The summed E-state index contributed by atoms with van der Waals surface area (Å²) >= 11 is 0. The lowest BCUT2D eigenvalue weighted by atomic mass is 10.2. The van der Waals surface area contributed by atoms with Gasteiger partial charge >= 0.3 is 0 Å². The molecule has 1 aromatic carbocycles. The Kier molecular flexibility index (Phi) is 4.63. The summed E-state index contributed by atoms with van der Waals surface area (Å²) in [5.41, 5.74) is 0. The normalized spacial score (nSPS) is 18.7. The smallest absolute Gasteiger partial charge is 0.264 e. The van der Waals surface area contributed by atoms with Crippen molar-refractivity contribution in [2.45, 2.75) is 32.0 Å².